The predicted octanol–water partition coefficient (Wildman–Crippen LogP) is 2.14. The molecule has 0 radical (unpaired) electrons. The van der Waals surface area contributed by atoms with E-state index in [1.54, 1.807) is 6.07 Å². The van der Waals surface area contributed by atoms with Gasteiger partial charge in [-0.1, -0.05) is 13.3 Å². The van der Waals surface area contributed by atoms with Gasteiger partial charge >= 0.3 is 0 Å². The number of rotatable bonds is 0. The van der Waals surface area contributed by atoms with E-state index in [1.807, 2.05) is 6.92 Å². The molecule has 2 N–H and O–H groups in total. The summed E-state index contributed by atoms with van der Waals surface area (Å²) in [5.41, 5.74) is 0.710. The maximum atomic E-state index is 13.1. The molecule has 1 fully saturated rings. The largest absolute Gasteiger partial charge is 0.504 e. The van der Waals surface area contributed by atoms with Crippen molar-refractivity contribution >= 4 is 27.2 Å². The standard InChI is InChI=1S/C21H19NO6S/c1-21-5-3-2-4-13(21)19(26)17(24)12-8-10-11(9-14(12)21)16(23)15-20(18(10)25)29(27,28)7-6-22-15/h8-9,22,26H,2-7H2,1H3/t21-/m1/s1. The Hall–Kier alpha value is -2.74. The van der Waals surface area contributed by atoms with Crippen LogP contribution in [0.25, 0.3) is 0 Å². The van der Waals surface area contributed by atoms with E-state index in [4.69, 9.17) is 0 Å². The SMILES string of the molecule is C[C@@]12CCCCC1=C(O)C(=O)c1cc3c(cc12)C(=O)C1=C(C3=O)S(=O)(=O)CCN1. The Kier molecular flexibility index (Phi) is 3.57. The maximum absolute atomic E-state index is 13.1. The van der Waals surface area contributed by atoms with Crippen LogP contribution in [-0.4, -0.2) is 43.2 Å². The molecule has 1 saturated carbocycles. The van der Waals surface area contributed by atoms with Crippen LogP contribution in [0.4, 0.5) is 0 Å². The van der Waals surface area contributed by atoms with E-state index in [9.17, 15) is 27.9 Å². The Morgan fingerprint density at radius 2 is 1.72 bits per heavy atom. The molecular weight excluding hydrogens is 394 g/mol. The molecule has 0 unspecified atom stereocenters. The Labute approximate surface area is 167 Å². The average Bonchev–Trinajstić information content (AvgIpc) is 2.68. The van der Waals surface area contributed by atoms with Crippen LogP contribution in [0.5, 0.6) is 0 Å². The fraction of sp³-hybridized carbons (Fsp3) is 0.381. The predicted molar refractivity (Wildman–Crippen MR) is 104 cm³/mol. The van der Waals surface area contributed by atoms with Crippen molar-refractivity contribution in [1.29, 1.82) is 0 Å². The Bertz CT molecular complexity index is 1220. The topological polar surface area (TPSA) is 118 Å². The van der Waals surface area contributed by atoms with E-state index >= 15 is 0 Å². The van der Waals surface area contributed by atoms with Gasteiger partial charge < -0.3 is 10.4 Å². The van der Waals surface area contributed by atoms with Crippen LogP contribution in [0.15, 0.2) is 34.1 Å². The first kappa shape index (κ1) is 18.3. The number of benzene rings is 1. The number of nitrogens with one attached hydrogen (secondary N) is 1. The number of ketones is 3. The molecule has 1 aliphatic heterocycles. The van der Waals surface area contributed by atoms with E-state index < -0.39 is 37.5 Å². The highest BCUT2D eigenvalue weighted by molar-refractivity contribution is 7.96. The Balaban J connectivity index is 1.78. The molecule has 0 bridgehead atoms. The van der Waals surface area contributed by atoms with Gasteiger partial charge in [0.2, 0.25) is 17.3 Å². The summed E-state index contributed by atoms with van der Waals surface area (Å²) in [5.74, 6) is -2.47. The molecule has 5 rings (SSSR count). The Morgan fingerprint density at radius 3 is 2.48 bits per heavy atom. The minimum atomic E-state index is -3.88. The lowest BCUT2D eigenvalue weighted by Crippen LogP contribution is -2.42. The van der Waals surface area contributed by atoms with E-state index in [1.165, 1.54) is 6.07 Å². The van der Waals surface area contributed by atoms with Crippen LogP contribution in [0.1, 0.15) is 69.2 Å². The second-order valence-corrected chi connectivity index (χ2v) is 10.3. The maximum Gasteiger partial charge on any atom is 0.227 e. The van der Waals surface area contributed by atoms with Gasteiger partial charge in [-0.3, -0.25) is 14.4 Å². The number of aliphatic hydroxyl groups is 1. The molecule has 0 aromatic heterocycles. The van der Waals surface area contributed by atoms with Gasteiger partial charge in [0.1, 0.15) is 10.6 Å². The van der Waals surface area contributed by atoms with E-state index in [0.717, 1.165) is 12.8 Å². The van der Waals surface area contributed by atoms with Crippen molar-refractivity contribution in [3.05, 3.63) is 56.3 Å². The fourth-order valence-electron chi connectivity index (χ4n) is 5.11. The van der Waals surface area contributed by atoms with Gasteiger partial charge in [-0.15, -0.1) is 0 Å². The van der Waals surface area contributed by atoms with E-state index in [-0.39, 0.29) is 40.4 Å². The van der Waals surface area contributed by atoms with Crippen LogP contribution in [0.3, 0.4) is 0 Å². The highest BCUT2D eigenvalue weighted by atomic mass is 32.2. The molecule has 3 aliphatic carbocycles. The number of hydrogen-bond donors (Lipinski definition) is 2. The summed E-state index contributed by atoms with van der Waals surface area (Å²) in [5, 5.41) is 13.3. The summed E-state index contributed by atoms with van der Waals surface area (Å²) in [6, 6.07) is 2.86. The van der Waals surface area contributed by atoms with Crippen molar-refractivity contribution in [3.8, 4) is 0 Å². The third-order valence-corrected chi connectivity index (χ3v) is 8.40. The summed E-state index contributed by atoms with van der Waals surface area (Å²) >= 11 is 0. The number of sulfone groups is 1. The first-order chi connectivity index (χ1) is 13.7. The molecule has 4 aliphatic rings. The lowest BCUT2D eigenvalue weighted by molar-refractivity contribution is 0.0953. The zero-order chi connectivity index (χ0) is 20.7. The summed E-state index contributed by atoms with van der Waals surface area (Å²) in [4.78, 5) is 38.5. The molecule has 150 valence electrons. The molecule has 1 atom stereocenters. The minimum Gasteiger partial charge on any atom is -0.504 e. The second-order valence-electron chi connectivity index (χ2n) is 8.25. The molecule has 8 heteroatoms. The minimum absolute atomic E-state index is 0.0669. The lowest BCUT2D eigenvalue weighted by Gasteiger charge is -2.41. The summed E-state index contributed by atoms with van der Waals surface area (Å²) in [6.45, 7) is 2.01. The third-order valence-electron chi connectivity index (χ3n) is 6.65. The van der Waals surface area contributed by atoms with Gasteiger partial charge in [0, 0.05) is 28.7 Å². The number of allylic oxidation sites excluding steroid dienone is 4. The zero-order valence-corrected chi connectivity index (χ0v) is 16.6. The average molecular weight is 413 g/mol. The molecular formula is C21H19NO6S. The highest BCUT2D eigenvalue weighted by Crippen LogP contribution is 2.50. The third kappa shape index (κ3) is 2.23. The summed E-state index contributed by atoms with van der Waals surface area (Å²) < 4.78 is 24.9. The summed E-state index contributed by atoms with van der Waals surface area (Å²) in [6.07, 6.45) is 3.11. The Morgan fingerprint density at radius 1 is 1.00 bits per heavy atom. The first-order valence-electron chi connectivity index (χ1n) is 9.63. The normalized spacial score (nSPS) is 27.7. The van der Waals surface area contributed by atoms with Crippen LogP contribution < -0.4 is 5.32 Å². The number of carbonyl (C=O) groups is 3. The number of carbonyl (C=O) groups excluding carboxylic acids is 3. The lowest BCUT2D eigenvalue weighted by atomic mass is 9.62. The highest BCUT2D eigenvalue weighted by Gasteiger charge is 2.47. The number of hydrogen-bond acceptors (Lipinski definition) is 7. The van der Waals surface area contributed by atoms with Crippen LogP contribution in [-0.2, 0) is 15.3 Å². The number of fused-ring (bicyclic) bond motifs is 4. The van der Waals surface area contributed by atoms with Crippen molar-refractivity contribution in [2.75, 3.05) is 12.3 Å². The van der Waals surface area contributed by atoms with Crippen molar-refractivity contribution in [1.82, 2.24) is 5.32 Å². The second kappa shape index (κ2) is 5.66. The molecule has 0 saturated heterocycles. The van der Waals surface area contributed by atoms with Crippen LogP contribution >= 0.6 is 0 Å². The van der Waals surface area contributed by atoms with Crippen LogP contribution in [0, 0.1) is 0 Å². The molecule has 7 nitrogen and oxygen atoms in total. The van der Waals surface area contributed by atoms with Crippen molar-refractivity contribution < 1.29 is 27.9 Å². The van der Waals surface area contributed by atoms with Crippen LogP contribution in [0.2, 0.25) is 0 Å². The summed E-state index contributed by atoms with van der Waals surface area (Å²) in [7, 11) is -3.88. The van der Waals surface area contributed by atoms with Crippen molar-refractivity contribution in [2.24, 2.45) is 0 Å². The van der Waals surface area contributed by atoms with Gasteiger partial charge in [0.15, 0.2) is 15.6 Å². The fourth-order valence-corrected chi connectivity index (χ4v) is 6.56. The van der Waals surface area contributed by atoms with E-state index in [2.05, 4.69) is 5.32 Å². The molecule has 0 amide bonds. The first-order valence-corrected chi connectivity index (χ1v) is 11.3. The quantitative estimate of drug-likeness (QED) is 0.669. The van der Waals surface area contributed by atoms with Crippen molar-refractivity contribution in [3.63, 3.8) is 0 Å². The van der Waals surface area contributed by atoms with Gasteiger partial charge in [0.25, 0.3) is 0 Å². The van der Waals surface area contributed by atoms with Gasteiger partial charge in [0.05, 0.1) is 5.75 Å². The van der Waals surface area contributed by atoms with Crippen molar-refractivity contribution in [2.45, 2.75) is 38.0 Å². The molecule has 29 heavy (non-hydrogen) atoms. The molecule has 0 spiro atoms. The van der Waals surface area contributed by atoms with Gasteiger partial charge in [-0.25, -0.2) is 8.42 Å². The smallest absolute Gasteiger partial charge is 0.227 e. The van der Waals surface area contributed by atoms with Gasteiger partial charge in [-0.2, -0.15) is 0 Å². The molecule has 1 aromatic carbocycles. The number of aliphatic hydroxyl groups excluding tert-OH is 1. The molecule has 1 heterocycles. The van der Waals surface area contributed by atoms with Gasteiger partial charge in [-0.05, 0) is 42.5 Å². The monoisotopic (exact) mass is 413 g/mol. The zero-order valence-electron chi connectivity index (χ0n) is 15.8. The number of Topliss-reactive ketones (excluding diaryl/α,β-unsaturated/α-hetero) is 3. The van der Waals surface area contributed by atoms with E-state index in [0.29, 0.717) is 24.0 Å². The molecule has 1 aromatic rings.